The summed E-state index contributed by atoms with van der Waals surface area (Å²) in [6, 6.07) is 33.1. The van der Waals surface area contributed by atoms with Gasteiger partial charge in [0, 0.05) is 90.0 Å². The van der Waals surface area contributed by atoms with E-state index in [0.29, 0.717) is 13.0 Å². The molecule has 0 radical (unpaired) electrons. The first-order chi connectivity index (χ1) is 60.3. The lowest BCUT2D eigenvalue weighted by atomic mass is 9.74. The van der Waals surface area contributed by atoms with Crippen LogP contribution in [0.2, 0.25) is 0 Å². The average Bonchev–Trinajstić information content (AvgIpc) is 1.60. The van der Waals surface area contributed by atoms with Crippen LogP contribution in [0.3, 0.4) is 0 Å². The van der Waals surface area contributed by atoms with Gasteiger partial charge in [-0.2, -0.15) is 0 Å². The van der Waals surface area contributed by atoms with Crippen molar-refractivity contribution in [3.63, 3.8) is 0 Å². The fourth-order valence-corrected chi connectivity index (χ4v) is 20.8. The number of nitrogens with one attached hydrogen (secondary N) is 4. The van der Waals surface area contributed by atoms with Crippen LogP contribution in [-0.2, 0) is 47.4 Å². The number of alkyl carbamates (subject to hydrolysis) is 2. The lowest BCUT2D eigenvalue weighted by Crippen LogP contribution is -2.54. The molecule has 4 aromatic rings. The third kappa shape index (κ3) is 21.9. The third-order valence-electron chi connectivity index (χ3n) is 28.0. The lowest BCUT2D eigenvalue weighted by Gasteiger charge is -2.36. The van der Waals surface area contributed by atoms with Crippen molar-refractivity contribution in [2.24, 2.45) is 45.5 Å². The molecular formula is C102H138BBrN10O14. The zero-order valence-electron chi connectivity index (χ0n) is 76.6. The molecule has 11 aliphatic rings. The van der Waals surface area contributed by atoms with E-state index in [0.717, 1.165) is 190 Å². The van der Waals surface area contributed by atoms with Crippen molar-refractivity contribution in [3.8, 4) is 11.1 Å². The number of nitrogens with zero attached hydrogens (tertiary/aromatic N) is 6. The van der Waals surface area contributed by atoms with Crippen LogP contribution >= 0.6 is 15.9 Å². The summed E-state index contributed by atoms with van der Waals surface area (Å²) in [4.78, 5) is 116. The maximum absolute atomic E-state index is 13.9. The first-order valence-electron chi connectivity index (χ1n) is 45.8. The van der Waals surface area contributed by atoms with Crippen LogP contribution in [0.4, 0.5) is 19.2 Å². The highest BCUT2D eigenvalue weighted by Crippen LogP contribution is 2.53. The van der Waals surface area contributed by atoms with Crippen LogP contribution in [0.15, 0.2) is 157 Å². The van der Waals surface area contributed by atoms with Gasteiger partial charge in [-0.15, -0.1) is 0 Å². The van der Waals surface area contributed by atoms with Crippen LogP contribution in [-0.4, -0.2) is 175 Å². The summed E-state index contributed by atoms with van der Waals surface area (Å²) >= 11 is 3.54. The predicted octanol–water partition coefficient (Wildman–Crippen LogP) is 20.1. The molecule has 8 amide bonds. The molecule has 690 valence electrons. The van der Waals surface area contributed by atoms with E-state index in [-0.39, 0.29) is 116 Å². The molecule has 4 saturated carbocycles. The van der Waals surface area contributed by atoms with Gasteiger partial charge in [0.15, 0.2) is 0 Å². The van der Waals surface area contributed by atoms with Crippen molar-refractivity contribution >= 4 is 110 Å². The van der Waals surface area contributed by atoms with Gasteiger partial charge < -0.3 is 48.7 Å². The quantitative estimate of drug-likeness (QED) is 0.0364. The van der Waals surface area contributed by atoms with Crippen LogP contribution < -0.4 is 26.9 Å². The molecule has 4 N–H and O–H groups in total. The predicted molar refractivity (Wildman–Crippen MR) is 510 cm³/mol. The van der Waals surface area contributed by atoms with Crippen molar-refractivity contribution in [2.75, 3.05) is 41.5 Å². The lowest BCUT2D eigenvalue weighted by molar-refractivity contribution is -0.143. The standard InChI is InChI=1S/C47H59N5O6.C28H40BN3O5.C25H31BrN2O3.2CH4/c1-28(2)43(49-46(55)57-5)45(54)51-24-10-15-42(51)40-26-39(35-13-9-14-36(35)40)33-22-20-31(21-23-33)30-16-18-32(19-17-30)34-25-41(48-27-34)37-11-7-8-12-38(37)44(53)52(29(3)4)50-47(56)58-6;1-18(2)32(31-26(34)35-7)25(33)23-11-9-8-10-22(23)24-16-20(17-30-24)19-12-14-21(15-13-19)29-36-27(3,4)28(5,6)37-29;1-15(2)23(27-25(30)31-3)24(29)28-13-5-8-22(28)21-14-20(18-6-4-7-19(18)21)16-9-11-17(26)12-10-16;;/h16-23,27-29,37-38,42-43H,7-15,24-26H2,1-6H3,(H,49,55)(H,50,56);12-15,17-18,22-23H,8-11,16H2,1-7H3,(H,31,34);9-12,15,22-23H,4-8,13-14H2,1-3H3,(H,27,30);2*1H4/t37-,38+,42+,43+;22-,23+;22-,23-;;/m100../s1. The van der Waals surface area contributed by atoms with E-state index in [1.165, 1.54) is 101 Å². The van der Waals surface area contributed by atoms with E-state index < -0.39 is 36.5 Å². The normalized spacial score (nSPS) is 22.4. The van der Waals surface area contributed by atoms with E-state index in [2.05, 4.69) is 162 Å². The van der Waals surface area contributed by atoms with E-state index in [1.807, 2.05) is 77.6 Å². The van der Waals surface area contributed by atoms with Gasteiger partial charge in [0.25, 0.3) is 0 Å². The first kappa shape index (κ1) is 98.7. The molecule has 6 aliphatic carbocycles. The molecular weight excluding hydrogens is 1680 g/mol. The fraction of sp³-hybridized carbons (Fsp3) is 0.549. The number of benzene rings is 4. The number of likely N-dealkylation sites (tertiary alicyclic amines) is 2. The molecule has 5 heterocycles. The van der Waals surface area contributed by atoms with E-state index >= 15 is 0 Å². The van der Waals surface area contributed by atoms with Gasteiger partial charge in [-0.3, -0.25) is 29.2 Å². The van der Waals surface area contributed by atoms with E-state index in [9.17, 15) is 38.4 Å². The van der Waals surface area contributed by atoms with Crippen molar-refractivity contribution in [3.05, 3.63) is 170 Å². The molecule has 0 spiro atoms. The van der Waals surface area contributed by atoms with Gasteiger partial charge in [0.1, 0.15) is 12.1 Å². The van der Waals surface area contributed by atoms with Crippen LogP contribution in [0.1, 0.15) is 261 Å². The van der Waals surface area contributed by atoms with Crippen molar-refractivity contribution in [1.82, 2.24) is 41.3 Å². The number of halogens is 1. The zero-order chi connectivity index (χ0) is 90.2. The number of allylic oxidation sites excluding steroid dienone is 8. The minimum Gasteiger partial charge on any atom is -0.453 e. The Morgan fingerprint density at radius 1 is 0.430 bits per heavy atom. The van der Waals surface area contributed by atoms with Gasteiger partial charge in [-0.25, -0.2) is 40.0 Å². The molecule has 3 saturated heterocycles. The van der Waals surface area contributed by atoms with Crippen LogP contribution in [0.25, 0.3) is 33.4 Å². The zero-order valence-corrected chi connectivity index (χ0v) is 78.2. The summed E-state index contributed by atoms with van der Waals surface area (Å²) in [6.07, 6.45) is 22.7. The highest BCUT2D eigenvalue weighted by molar-refractivity contribution is 9.10. The Hall–Kier alpha value is -9.92. The third-order valence-corrected chi connectivity index (χ3v) is 28.5. The Bertz CT molecular complexity index is 4970. The molecule has 128 heavy (non-hydrogen) atoms. The minimum absolute atomic E-state index is 0. The largest absolute Gasteiger partial charge is 0.494 e. The Morgan fingerprint density at radius 2 is 0.773 bits per heavy atom. The first-order valence-corrected chi connectivity index (χ1v) is 46.6. The molecule has 15 rings (SSSR count). The maximum Gasteiger partial charge on any atom is 0.494 e. The summed E-state index contributed by atoms with van der Waals surface area (Å²) in [6.45, 7) is 25.0. The summed E-state index contributed by atoms with van der Waals surface area (Å²) in [5, 5.41) is 8.37. The summed E-state index contributed by atoms with van der Waals surface area (Å²) in [5.74, 6) is -0.608. The smallest absolute Gasteiger partial charge is 0.453 e. The Balaban J connectivity index is 0.000000196. The maximum atomic E-state index is 13.9. The molecule has 24 nitrogen and oxygen atoms in total. The highest BCUT2D eigenvalue weighted by atomic mass is 79.9. The average molecular weight is 1820 g/mol. The number of aliphatic imine (C=N–C) groups is 2. The number of rotatable bonds is 20. The van der Waals surface area contributed by atoms with Crippen molar-refractivity contribution in [2.45, 2.75) is 287 Å². The Labute approximate surface area is 768 Å². The van der Waals surface area contributed by atoms with Crippen molar-refractivity contribution < 1.29 is 66.6 Å². The number of carbonyl (C=O) groups is 8. The number of carbonyl (C=O) groups excluding carboxylic acids is 8. The van der Waals surface area contributed by atoms with Crippen molar-refractivity contribution in [1.29, 1.82) is 0 Å². The molecule has 0 bridgehead atoms. The van der Waals surface area contributed by atoms with Gasteiger partial charge >= 0.3 is 31.5 Å². The van der Waals surface area contributed by atoms with E-state index in [4.69, 9.17) is 38.2 Å². The van der Waals surface area contributed by atoms with Crippen LogP contribution in [0, 0.1) is 35.5 Å². The molecule has 5 aliphatic heterocycles. The second kappa shape index (κ2) is 43.2. The number of amides is 8. The van der Waals surface area contributed by atoms with E-state index in [1.54, 1.807) is 0 Å². The summed E-state index contributed by atoms with van der Waals surface area (Å²) in [5.41, 5.74) is 28.4. The number of fused-ring (bicyclic) bond motifs is 2. The van der Waals surface area contributed by atoms with Gasteiger partial charge in [-0.1, -0.05) is 169 Å². The molecule has 0 unspecified atom stereocenters. The van der Waals surface area contributed by atoms with Gasteiger partial charge in [0.2, 0.25) is 23.6 Å². The second-order valence-electron chi connectivity index (χ2n) is 37.7. The summed E-state index contributed by atoms with van der Waals surface area (Å²) < 4.78 is 32.6. The fourth-order valence-electron chi connectivity index (χ4n) is 20.5. The van der Waals surface area contributed by atoms with Crippen LogP contribution in [0.5, 0.6) is 0 Å². The SMILES string of the molecule is C.C.COC(=O)NN(C(=O)[C@@H]1CCCC[C@@H]1C1=NC=C(c2ccc(B3OC(C)(C)C(C)(C)O3)cc2)C1)C(C)C.COC(=O)N[C@H](C(=O)N1CCC[C@H]1C1=C2CCCC2=C(c2ccc(-c3ccc(C4=CN=C([C@@H]5CCCC[C@@H]5C(=O)N(NC(=O)OC)C(C)C)C4)cc3)cc2)C1)C(C)C.COC(=O)N[C@H](C(=O)N1CCC[C@H]1C1=C2CCCC2=C(c2ccc(Br)cc2)C1)C(C)C. The Kier molecular flexibility index (Phi) is 33.3. The number of hydrogen-bond acceptors (Lipinski definition) is 16. The number of ether oxygens (including phenoxy) is 4. The summed E-state index contributed by atoms with van der Waals surface area (Å²) in [7, 11) is 4.87. The topological polar surface area (TPSA) is 278 Å². The molecule has 7 fully saturated rings. The number of hydrazine groups is 2. The molecule has 4 aromatic carbocycles. The minimum atomic E-state index is -0.646. The Morgan fingerprint density at radius 3 is 1.14 bits per heavy atom. The molecule has 0 aromatic heterocycles. The monoisotopic (exact) mass is 1820 g/mol. The number of hydrogen-bond donors (Lipinski definition) is 4. The number of methoxy groups -OCH3 is 4. The molecule has 26 heteroatoms. The molecule has 8 atom stereocenters. The van der Waals surface area contributed by atoms with Gasteiger partial charge in [0.05, 0.1) is 51.7 Å². The van der Waals surface area contributed by atoms with Gasteiger partial charge in [-0.05, 0) is 277 Å². The highest BCUT2D eigenvalue weighted by Gasteiger charge is 2.52. The second-order valence-corrected chi connectivity index (χ2v) is 38.6.